The topological polar surface area (TPSA) is 99.8 Å². The van der Waals surface area contributed by atoms with E-state index < -0.39 is 6.04 Å². The number of anilines is 1. The van der Waals surface area contributed by atoms with Crippen LogP contribution in [0, 0.1) is 0 Å². The molecule has 0 spiro atoms. The van der Waals surface area contributed by atoms with Crippen LogP contribution in [0.25, 0.3) is 16.6 Å². The van der Waals surface area contributed by atoms with Gasteiger partial charge in [-0.2, -0.15) is 0 Å². The Balaban J connectivity index is 2.43. The molecular formula is C15H14ClN5O. The lowest BCUT2D eigenvalue weighted by Crippen LogP contribution is -2.27. The normalized spacial score (nSPS) is 12.5. The van der Waals surface area contributed by atoms with Gasteiger partial charge in [0.05, 0.1) is 33.9 Å². The Labute approximate surface area is 131 Å². The van der Waals surface area contributed by atoms with Crippen molar-refractivity contribution in [1.82, 2.24) is 14.5 Å². The third kappa shape index (κ3) is 2.32. The minimum absolute atomic E-state index is 0.283. The molecule has 1 aromatic carbocycles. The van der Waals surface area contributed by atoms with E-state index in [2.05, 4.69) is 9.97 Å². The molecule has 0 saturated carbocycles. The molecular weight excluding hydrogens is 302 g/mol. The maximum Gasteiger partial charge on any atom is 0.267 e. The SMILES string of the molecule is C[C@H](N)c1nc2cccc(Cl)c2c(=O)n1-c1ccc(N)nc1. The lowest BCUT2D eigenvalue weighted by atomic mass is 10.2. The Hall–Kier alpha value is -2.44. The van der Waals surface area contributed by atoms with Crippen molar-refractivity contribution in [2.75, 3.05) is 5.73 Å². The summed E-state index contributed by atoms with van der Waals surface area (Å²) in [5.41, 5.74) is 12.4. The third-order valence-corrected chi connectivity index (χ3v) is 3.62. The van der Waals surface area contributed by atoms with Gasteiger partial charge in [-0.05, 0) is 31.2 Å². The molecule has 2 aromatic heterocycles. The molecule has 0 radical (unpaired) electrons. The number of nitrogen functional groups attached to an aromatic ring is 1. The third-order valence-electron chi connectivity index (χ3n) is 3.31. The smallest absolute Gasteiger partial charge is 0.267 e. The van der Waals surface area contributed by atoms with Gasteiger partial charge in [0.25, 0.3) is 5.56 Å². The monoisotopic (exact) mass is 315 g/mol. The first kappa shape index (κ1) is 14.5. The van der Waals surface area contributed by atoms with Crippen molar-refractivity contribution < 1.29 is 0 Å². The van der Waals surface area contributed by atoms with Crippen molar-refractivity contribution in [3.63, 3.8) is 0 Å². The molecule has 112 valence electrons. The molecule has 7 heteroatoms. The number of fused-ring (bicyclic) bond motifs is 1. The number of hydrogen-bond donors (Lipinski definition) is 2. The van der Waals surface area contributed by atoms with Crippen LogP contribution >= 0.6 is 11.6 Å². The minimum Gasteiger partial charge on any atom is -0.384 e. The summed E-state index contributed by atoms with van der Waals surface area (Å²) in [5, 5.41) is 0.703. The van der Waals surface area contributed by atoms with Gasteiger partial charge in [0.15, 0.2) is 0 Å². The lowest BCUT2D eigenvalue weighted by Gasteiger charge is -2.16. The molecule has 0 aliphatic rings. The van der Waals surface area contributed by atoms with E-state index >= 15 is 0 Å². The minimum atomic E-state index is -0.436. The molecule has 1 atom stereocenters. The molecule has 6 nitrogen and oxygen atoms in total. The zero-order chi connectivity index (χ0) is 15.9. The number of hydrogen-bond acceptors (Lipinski definition) is 5. The van der Waals surface area contributed by atoms with Crippen molar-refractivity contribution in [1.29, 1.82) is 0 Å². The molecule has 0 unspecified atom stereocenters. The number of benzene rings is 1. The first-order chi connectivity index (χ1) is 10.5. The quantitative estimate of drug-likeness (QED) is 0.753. The summed E-state index contributed by atoms with van der Waals surface area (Å²) in [4.78, 5) is 21.4. The molecule has 4 N–H and O–H groups in total. The van der Waals surface area contributed by atoms with Crippen LogP contribution < -0.4 is 17.0 Å². The van der Waals surface area contributed by atoms with E-state index in [0.29, 0.717) is 33.3 Å². The maximum atomic E-state index is 12.9. The molecule has 0 aliphatic heterocycles. The average Bonchev–Trinajstić information content (AvgIpc) is 2.48. The van der Waals surface area contributed by atoms with Gasteiger partial charge in [-0.25, -0.2) is 9.97 Å². The summed E-state index contributed by atoms with van der Waals surface area (Å²) in [6, 6.07) is 8.01. The zero-order valence-electron chi connectivity index (χ0n) is 11.8. The largest absolute Gasteiger partial charge is 0.384 e. The van der Waals surface area contributed by atoms with E-state index in [9.17, 15) is 4.79 Å². The zero-order valence-corrected chi connectivity index (χ0v) is 12.6. The highest BCUT2D eigenvalue weighted by atomic mass is 35.5. The van der Waals surface area contributed by atoms with Crippen LogP contribution in [-0.4, -0.2) is 14.5 Å². The summed E-state index contributed by atoms with van der Waals surface area (Å²) in [5.74, 6) is 0.803. The highest BCUT2D eigenvalue weighted by Crippen LogP contribution is 2.22. The number of nitrogens with zero attached hydrogens (tertiary/aromatic N) is 3. The second kappa shape index (κ2) is 5.40. The van der Waals surface area contributed by atoms with E-state index in [1.807, 2.05) is 0 Å². The number of halogens is 1. The number of aromatic nitrogens is 3. The van der Waals surface area contributed by atoms with Crippen LogP contribution in [0.5, 0.6) is 0 Å². The fourth-order valence-electron chi connectivity index (χ4n) is 2.29. The van der Waals surface area contributed by atoms with E-state index in [1.165, 1.54) is 10.8 Å². The van der Waals surface area contributed by atoms with Gasteiger partial charge in [0, 0.05) is 0 Å². The van der Waals surface area contributed by atoms with E-state index in [1.54, 1.807) is 37.3 Å². The highest BCUT2D eigenvalue weighted by Gasteiger charge is 2.17. The molecule has 0 saturated heterocycles. The second-order valence-corrected chi connectivity index (χ2v) is 5.38. The van der Waals surface area contributed by atoms with Crippen LogP contribution in [0.15, 0.2) is 41.3 Å². The first-order valence-electron chi connectivity index (χ1n) is 6.67. The Morgan fingerprint density at radius 2 is 2.05 bits per heavy atom. The molecule has 22 heavy (non-hydrogen) atoms. The molecule has 2 heterocycles. The van der Waals surface area contributed by atoms with Crippen molar-refractivity contribution in [2.24, 2.45) is 5.73 Å². The molecule has 0 amide bonds. The molecule has 3 rings (SSSR count). The number of nitrogens with two attached hydrogens (primary N) is 2. The van der Waals surface area contributed by atoms with E-state index in [0.717, 1.165) is 0 Å². The van der Waals surface area contributed by atoms with Crippen LogP contribution in [-0.2, 0) is 0 Å². The Morgan fingerprint density at radius 1 is 1.27 bits per heavy atom. The summed E-state index contributed by atoms with van der Waals surface area (Å²) >= 11 is 6.16. The van der Waals surface area contributed by atoms with Crippen LogP contribution in [0.1, 0.15) is 18.8 Å². The van der Waals surface area contributed by atoms with Crippen molar-refractivity contribution in [3.8, 4) is 5.69 Å². The van der Waals surface area contributed by atoms with E-state index in [4.69, 9.17) is 23.1 Å². The highest BCUT2D eigenvalue weighted by molar-refractivity contribution is 6.35. The predicted molar refractivity (Wildman–Crippen MR) is 87.2 cm³/mol. The summed E-state index contributed by atoms with van der Waals surface area (Å²) in [6.07, 6.45) is 1.51. The van der Waals surface area contributed by atoms with Crippen LogP contribution in [0.2, 0.25) is 5.02 Å². The number of rotatable bonds is 2. The first-order valence-corrected chi connectivity index (χ1v) is 7.05. The van der Waals surface area contributed by atoms with Gasteiger partial charge in [0.2, 0.25) is 0 Å². The fraction of sp³-hybridized carbons (Fsp3) is 0.133. The molecule has 3 aromatic rings. The van der Waals surface area contributed by atoms with Gasteiger partial charge in [-0.15, -0.1) is 0 Å². The standard InChI is InChI=1S/C15H14ClN5O/c1-8(17)14-20-11-4-2-3-10(16)13(11)15(22)21(14)9-5-6-12(18)19-7-9/h2-8H,17H2,1H3,(H2,18,19)/t8-/m0/s1. The van der Waals surface area contributed by atoms with Crippen LogP contribution in [0.3, 0.4) is 0 Å². The Bertz CT molecular complexity index is 902. The Morgan fingerprint density at radius 3 is 2.68 bits per heavy atom. The van der Waals surface area contributed by atoms with Gasteiger partial charge >= 0.3 is 0 Å². The summed E-state index contributed by atoms with van der Waals surface area (Å²) in [7, 11) is 0. The summed E-state index contributed by atoms with van der Waals surface area (Å²) < 4.78 is 1.42. The number of pyridine rings is 1. The summed E-state index contributed by atoms with van der Waals surface area (Å²) in [6.45, 7) is 1.76. The maximum absolute atomic E-state index is 12.9. The van der Waals surface area contributed by atoms with Gasteiger partial charge in [-0.1, -0.05) is 17.7 Å². The van der Waals surface area contributed by atoms with E-state index in [-0.39, 0.29) is 5.56 Å². The average molecular weight is 316 g/mol. The second-order valence-electron chi connectivity index (χ2n) is 4.97. The molecule has 0 fully saturated rings. The van der Waals surface area contributed by atoms with Crippen molar-refractivity contribution >= 4 is 28.3 Å². The van der Waals surface area contributed by atoms with Crippen molar-refractivity contribution in [3.05, 3.63) is 57.7 Å². The predicted octanol–water partition coefficient (Wildman–Crippen LogP) is 2.04. The van der Waals surface area contributed by atoms with Gasteiger partial charge in [-0.3, -0.25) is 9.36 Å². The van der Waals surface area contributed by atoms with Crippen LogP contribution in [0.4, 0.5) is 5.82 Å². The van der Waals surface area contributed by atoms with Crippen molar-refractivity contribution in [2.45, 2.75) is 13.0 Å². The molecule has 0 bridgehead atoms. The Kier molecular flexibility index (Phi) is 3.56. The van der Waals surface area contributed by atoms with Gasteiger partial charge in [0.1, 0.15) is 11.6 Å². The lowest BCUT2D eigenvalue weighted by molar-refractivity contribution is 0.695. The van der Waals surface area contributed by atoms with Gasteiger partial charge < -0.3 is 11.5 Å². The fourth-order valence-corrected chi connectivity index (χ4v) is 2.54. The molecule has 0 aliphatic carbocycles.